The van der Waals surface area contributed by atoms with Crippen LogP contribution in [0.3, 0.4) is 0 Å². The second-order valence-electron chi connectivity index (χ2n) is 6.89. The van der Waals surface area contributed by atoms with E-state index in [0.29, 0.717) is 36.4 Å². The van der Waals surface area contributed by atoms with Crippen LogP contribution < -0.4 is 9.47 Å². The lowest BCUT2D eigenvalue weighted by atomic mass is 9.86. The Balaban J connectivity index is 1.70. The molecule has 2 heterocycles. The molecule has 0 saturated carbocycles. The van der Waals surface area contributed by atoms with E-state index in [0.717, 1.165) is 5.56 Å². The molecule has 2 aromatic rings. The van der Waals surface area contributed by atoms with Crippen LogP contribution in [-0.2, 0) is 20.4 Å². The van der Waals surface area contributed by atoms with Gasteiger partial charge in [0.25, 0.3) is 0 Å². The van der Waals surface area contributed by atoms with Crippen LogP contribution in [0.1, 0.15) is 28.8 Å². The zero-order valence-electron chi connectivity index (χ0n) is 15.7. The second kappa shape index (κ2) is 6.79. The van der Waals surface area contributed by atoms with Crippen LogP contribution >= 0.6 is 0 Å². The van der Waals surface area contributed by atoms with Crippen molar-refractivity contribution in [3.8, 4) is 11.5 Å². The van der Waals surface area contributed by atoms with Crippen molar-refractivity contribution in [3.63, 3.8) is 0 Å². The fourth-order valence-corrected chi connectivity index (χ4v) is 5.51. The van der Waals surface area contributed by atoms with Crippen LogP contribution in [-0.4, -0.2) is 46.0 Å². The second-order valence-corrected chi connectivity index (χ2v) is 8.83. The number of rotatable bonds is 4. The number of benzene rings is 2. The maximum atomic E-state index is 13.3. The van der Waals surface area contributed by atoms with Crippen LogP contribution in [0.4, 0.5) is 0 Å². The normalized spacial score (nSPS) is 22.0. The van der Waals surface area contributed by atoms with Gasteiger partial charge in [-0.3, -0.25) is 0 Å². The van der Waals surface area contributed by atoms with Crippen molar-refractivity contribution in [2.75, 3.05) is 27.3 Å². The summed E-state index contributed by atoms with van der Waals surface area (Å²) in [5.41, 5.74) is 0.329. The Morgan fingerprint density at radius 3 is 2.57 bits per heavy atom. The predicted octanol–water partition coefficient (Wildman–Crippen LogP) is 2.55. The van der Waals surface area contributed by atoms with Crippen LogP contribution in [0.2, 0.25) is 0 Å². The standard InChI is InChI=1S/C20H21NO6S/c1-25-17-9-8-14(12-18(17)26-2)28(23,24)21-11-5-10-20(13-21)16-7-4-3-6-15(16)19(22)27-20/h3-4,6-9,12H,5,10-11,13H2,1-2H3. The molecule has 1 saturated heterocycles. The van der Waals surface area contributed by atoms with Crippen molar-refractivity contribution >= 4 is 16.0 Å². The largest absolute Gasteiger partial charge is 0.493 e. The SMILES string of the molecule is COc1ccc(S(=O)(=O)N2CCCC3(C2)OC(=O)c2ccccc23)cc1OC. The number of esters is 1. The van der Waals surface area contributed by atoms with Crippen LogP contribution in [0, 0.1) is 0 Å². The quantitative estimate of drug-likeness (QED) is 0.730. The summed E-state index contributed by atoms with van der Waals surface area (Å²) in [7, 11) is -0.847. The first-order valence-electron chi connectivity index (χ1n) is 8.96. The van der Waals surface area contributed by atoms with Gasteiger partial charge in [0.15, 0.2) is 17.1 Å². The number of hydrogen-bond donors (Lipinski definition) is 0. The molecular weight excluding hydrogens is 382 g/mol. The first kappa shape index (κ1) is 18.8. The van der Waals surface area contributed by atoms with Crippen molar-refractivity contribution in [1.82, 2.24) is 4.31 Å². The van der Waals surface area contributed by atoms with Gasteiger partial charge in [-0.1, -0.05) is 18.2 Å². The van der Waals surface area contributed by atoms with Gasteiger partial charge in [-0.05, 0) is 31.0 Å². The molecule has 1 fully saturated rings. The minimum absolute atomic E-state index is 0.0897. The summed E-state index contributed by atoms with van der Waals surface area (Å²) in [6, 6.07) is 11.7. The van der Waals surface area contributed by atoms with Gasteiger partial charge in [0.1, 0.15) is 0 Å². The van der Waals surface area contributed by atoms with E-state index < -0.39 is 21.6 Å². The highest BCUT2D eigenvalue weighted by molar-refractivity contribution is 7.89. The van der Waals surface area contributed by atoms with Crippen LogP contribution in [0.15, 0.2) is 47.4 Å². The summed E-state index contributed by atoms with van der Waals surface area (Å²) < 4.78 is 44.1. The third-order valence-electron chi connectivity index (χ3n) is 5.34. The molecule has 0 N–H and O–H groups in total. The molecule has 0 aliphatic carbocycles. The van der Waals surface area contributed by atoms with E-state index in [9.17, 15) is 13.2 Å². The Morgan fingerprint density at radius 2 is 1.82 bits per heavy atom. The molecular formula is C20H21NO6S. The van der Waals surface area contributed by atoms with Gasteiger partial charge in [0.2, 0.25) is 10.0 Å². The Hall–Kier alpha value is -2.58. The maximum absolute atomic E-state index is 13.3. The maximum Gasteiger partial charge on any atom is 0.339 e. The topological polar surface area (TPSA) is 82.1 Å². The molecule has 2 aliphatic rings. The third-order valence-corrected chi connectivity index (χ3v) is 7.18. The number of piperidine rings is 1. The van der Waals surface area contributed by atoms with E-state index in [1.54, 1.807) is 18.2 Å². The fourth-order valence-electron chi connectivity index (χ4n) is 3.96. The molecule has 28 heavy (non-hydrogen) atoms. The number of carbonyl (C=O) groups excluding carboxylic acids is 1. The van der Waals surface area contributed by atoms with Gasteiger partial charge >= 0.3 is 5.97 Å². The predicted molar refractivity (Wildman–Crippen MR) is 101 cm³/mol. The van der Waals surface area contributed by atoms with Crippen molar-refractivity contribution in [1.29, 1.82) is 0 Å². The summed E-state index contributed by atoms with van der Waals surface area (Å²) in [4.78, 5) is 12.4. The molecule has 7 nitrogen and oxygen atoms in total. The highest BCUT2D eigenvalue weighted by Crippen LogP contribution is 2.44. The number of nitrogens with zero attached hydrogens (tertiary/aromatic N) is 1. The number of hydrogen-bond acceptors (Lipinski definition) is 6. The molecule has 1 spiro atoms. The van der Waals surface area contributed by atoms with E-state index in [-0.39, 0.29) is 11.4 Å². The first-order chi connectivity index (χ1) is 13.4. The number of carbonyl (C=O) groups is 1. The van der Waals surface area contributed by atoms with Crippen LogP contribution in [0.25, 0.3) is 0 Å². The van der Waals surface area contributed by atoms with Gasteiger partial charge in [-0.25, -0.2) is 13.2 Å². The molecule has 148 valence electrons. The minimum atomic E-state index is -3.80. The highest BCUT2D eigenvalue weighted by atomic mass is 32.2. The van der Waals surface area contributed by atoms with E-state index in [1.807, 2.05) is 12.1 Å². The number of sulfonamides is 1. The van der Waals surface area contributed by atoms with E-state index in [4.69, 9.17) is 14.2 Å². The Morgan fingerprint density at radius 1 is 1.07 bits per heavy atom. The summed E-state index contributed by atoms with van der Waals surface area (Å²) >= 11 is 0. The van der Waals surface area contributed by atoms with Gasteiger partial charge in [0.05, 0.1) is 31.2 Å². The Bertz CT molecular complexity index is 1030. The van der Waals surface area contributed by atoms with Gasteiger partial charge in [-0.15, -0.1) is 0 Å². The lowest BCUT2D eigenvalue weighted by molar-refractivity contribution is -0.0345. The zero-order chi connectivity index (χ0) is 19.9. The highest BCUT2D eigenvalue weighted by Gasteiger charge is 2.50. The molecule has 0 amide bonds. The molecule has 1 unspecified atom stereocenters. The minimum Gasteiger partial charge on any atom is -0.493 e. The lowest BCUT2D eigenvalue weighted by Crippen LogP contribution is -2.48. The monoisotopic (exact) mass is 403 g/mol. The van der Waals surface area contributed by atoms with Gasteiger partial charge < -0.3 is 14.2 Å². The van der Waals surface area contributed by atoms with Gasteiger partial charge in [0, 0.05) is 18.2 Å². The fraction of sp³-hybridized carbons (Fsp3) is 0.350. The number of fused-ring (bicyclic) bond motifs is 2. The smallest absolute Gasteiger partial charge is 0.339 e. The van der Waals surface area contributed by atoms with E-state index in [2.05, 4.69) is 0 Å². The molecule has 0 aromatic heterocycles. The average molecular weight is 403 g/mol. The summed E-state index contributed by atoms with van der Waals surface area (Å²) in [6.07, 6.45) is 1.18. The molecule has 1 atom stereocenters. The van der Waals surface area contributed by atoms with E-state index in [1.165, 1.54) is 30.7 Å². The van der Waals surface area contributed by atoms with Crippen molar-refractivity contribution < 1.29 is 27.4 Å². The summed E-state index contributed by atoms with van der Waals surface area (Å²) in [5.74, 6) is 0.393. The third kappa shape index (κ3) is 2.84. The molecule has 2 aromatic carbocycles. The summed E-state index contributed by atoms with van der Waals surface area (Å²) in [6.45, 7) is 0.449. The molecule has 4 rings (SSSR count). The van der Waals surface area contributed by atoms with Crippen molar-refractivity contribution in [2.45, 2.75) is 23.3 Å². The van der Waals surface area contributed by atoms with Crippen molar-refractivity contribution in [2.24, 2.45) is 0 Å². The summed E-state index contributed by atoms with van der Waals surface area (Å²) in [5, 5.41) is 0. The lowest BCUT2D eigenvalue weighted by Gasteiger charge is -2.38. The van der Waals surface area contributed by atoms with E-state index >= 15 is 0 Å². The average Bonchev–Trinajstić information content (AvgIpc) is 2.99. The Labute approximate surface area is 163 Å². The number of methoxy groups -OCH3 is 2. The van der Waals surface area contributed by atoms with Crippen LogP contribution in [0.5, 0.6) is 11.5 Å². The first-order valence-corrected chi connectivity index (χ1v) is 10.4. The molecule has 2 aliphatic heterocycles. The number of ether oxygens (including phenoxy) is 3. The van der Waals surface area contributed by atoms with Crippen molar-refractivity contribution in [3.05, 3.63) is 53.6 Å². The molecule has 0 bridgehead atoms. The molecule has 0 radical (unpaired) electrons. The van der Waals surface area contributed by atoms with Gasteiger partial charge in [-0.2, -0.15) is 4.31 Å². The zero-order valence-corrected chi connectivity index (χ0v) is 16.5. The Kier molecular flexibility index (Phi) is 4.55. The molecule has 8 heteroatoms.